The van der Waals surface area contributed by atoms with Gasteiger partial charge in [-0.2, -0.15) is 0 Å². The maximum absolute atomic E-state index is 12.6. The number of benzene rings is 1. The molecule has 2 aliphatic carbocycles. The first-order valence-electron chi connectivity index (χ1n) is 14.9. The highest BCUT2D eigenvalue weighted by atomic mass is 19.3. The Morgan fingerprint density at radius 1 is 0.895 bits per heavy atom. The van der Waals surface area contributed by atoms with Gasteiger partial charge in [0.2, 0.25) is 18.7 Å². The number of carbonyl (C=O) groups excluding carboxylic acids is 2. The SMILES string of the molecule is CC.CN(C1CC(C(F)F)C1)C1CCCC(=O)N2CCC[C@@H]2C1.O=CN1CCCC12CC2.c1ccccc1. The van der Waals surface area contributed by atoms with Crippen LogP contribution in [0.1, 0.15) is 90.9 Å². The molecule has 214 valence electrons. The van der Waals surface area contributed by atoms with Crippen molar-refractivity contribution in [2.75, 3.05) is 20.1 Å². The van der Waals surface area contributed by atoms with Gasteiger partial charge in [0, 0.05) is 49.1 Å². The molecule has 1 unspecified atom stereocenters. The van der Waals surface area contributed by atoms with Crippen LogP contribution >= 0.6 is 0 Å². The van der Waals surface area contributed by atoms with Crippen molar-refractivity contribution >= 4 is 12.3 Å². The fraction of sp³-hybridized carbons (Fsp3) is 0.742. The number of halogens is 2. The normalized spacial score (nSPS) is 29.0. The van der Waals surface area contributed by atoms with Crippen molar-refractivity contribution in [3.63, 3.8) is 0 Å². The van der Waals surface area contributed by atoms with E-state index < -0.39 is 12.3 Å². The van der Waals surface area contributed by atoms with Crippen molar-refractivity contribution in [2.45, 2.75) is 121 Å². The molecule has 0 aromatic heterocycles. The zero-order valence-electron chi connectivity index (χ0n) is 23.7. The second-order valence-corrected chi connectivity index (χ2v) is 11.3. The molecule has 7 heteroatoms. The van der Waals surface area contributed by atoms with Crippen LogP contribution in [-0.2, 0) is 9.59 Å². The molecule has 5 nitrogen and oxygen atoms in total. The summed E-state index contributed by atoms with van der Waals surface area (Å²) in [4.78, 5) is 28.9. The summed E-state index contributed by atoms with van der Waals surface area (Å²) in [7, 11) is 2.10. The van der Waals surface area contributed by atoms with Gasteiger partial charge in [0.25, 0.3) is 0 Å². The molecular formula is C31H49F2N3O2. The molecule has 2 amide bonds. The largest absolute Gasteiger partial charge is 0.340 e. The van der Waals surface area contributed by atoms with E-state index in [0.29, 0.717) is 48.8 Å². The molecular weight excluding hydrogens is 484 g/mol. The van der Waals surface area contributed by atoms with Gasteiger partial charge in [0.1, 0.15) is 0 Å². The molecule has 6 rings (SSSR count). The van der Waals surface area contributed by atoms with Gasteiger partial charge in [-0.05, 0) is 77.7 Å². The minimum atomic E-state index is -2.16. The Hall–Kier alpha value is -2.02. The van der Waals surface area contributed by atoms with Crippen molar-refractivity contribution in [2.24, 2.45) is 5.92 Å². The Morgan fingerprint density at radius 2 is 1.53 bits per heavy atom. The van der Waals surface area contributed by atoms with E-state index in [1.807, 2.05) is 55.1 Å². The second kappa shape index (κ2) is 14.9. The minimum Gasteiger partial charge on any atom is -0.340 e. The molecule has 38 heavy (non-hydrogen) atoms. The number of hydrogen-bond donors (Lipinski definition) is 0. The number of likely N-dealkylation sites (tertiary alicyclic amines) is 1. The summed E-state index contributed by atoms with van der Waals surface area (Å²) in [6.45, 7) is 5.92. The van der Waals surface area contributed by atoms with Crippen LogP contribution < -0.4 is 0 Å². The van der Waals surface area contributed by atoms with E-state index in [-0.39, 0.29) is 0 Å². The van der Waals surface area contributed by atoms with Crippen LogP contribution in [0.2, 0.25) is 0 Å². The topological polar surface area (TPSA) is 43.9 Å². The van der Waals surface area contributed by atoms with E-state index in [1.165, 1.54) is 25.7 Å². The van der Waals surface area contributed by atoms with Crippen molar-refractivity contribution in [1.82, 2.24) is 14.7 Å². The number of rotatable bonds is 4. The highest BCUT2D eigenvalue weighted by molar-refractivity contribution is 5.76. The summed E-state index contributed by atoms with van der Waals surface area (Å²) in [5, 5.41) is 0. The van der Waals surface area contributed by atoms with Crippen LogP contribution in [0.3, 0.4) is 0 Å². The van der Waals surface area contributed by atoms with Crippen molar-refractivity contribution in [1.29, 1.82) is 0 Å². The van der Waals surface area contributed by atoms with E-state index in [4.69, 9.17) is 0 Å². The van der Waals surface area contributed by atoms with Crippen molar-refractivity contribution in [3.8, 4) is 0 Å². The Balaban J connectivity index is 0.000000191. The average molecular weight is 534 g/mol. The van der Waals surface area contributed by atoms with E-state index >= 15 is 0 Å². The molecule has 2 atom stereocenters. The first-order valence-corrected chi connectivity index (χ1v) is 14.9. The van der Waals surface area contributed by atoms with Crippen LogP contribution in [0.4, 0.5) is 8.78 Å². The van der Waals surface area contributed by atoms with Crippen LogP contribution in [0.15, 0.2) is 36.4 Å². The lowest BCUT2D eigenvalue weighted by Gasteiger charge is -2.46. The lowest BCUT2D eigenvalue weighted by atomic mass is 9.78. The Kier molecular flexibility index (Phi) is 12.0. The lowest BCUT2D eigenvalue weighted by molar-refractivity contribution is -0.133. The summed E-state index contributed by atoms with van der Waals surface area (Å²) in [5.41, 5.74) is 0.377. The lowest BCUT2D eigenvalue weighted by Crippen LogP contribution is -2.51. The highest BCUT2D eigenvalue weighted by Crippen LogP contribution is 2.48. The maximum atomic E-state index is 12.6. The van der Waals surface area contributed by atoms with Crippen LogP contribution in [-0.4, -0.2) is 77.2 Å². The Morgan fingerprint density at radius 3 is 2.05 bits per heavy atom. The zero-order valence-corrected chi connectivity index (χ0v) is 23.7. The molecule has 5 aliphatic rings. The molecule has 0 bridgehead atoms. The number of nitrogens with zero attached hydrogens (tertiary/aromatic N) is 3. The highest BCUT2D eigenvalue weighted by Gasteiger charge is 2.50. The smallest absolute Gasteiger partial charge is 0.241 e. The van der Waals surface area contributed by atoms with Crippen molar-refractivity contribution < 1.29 is 18.4 Å². The second-order valence-electron chi connectivity index (χ2n) is 11.3. The van der Waals surface area contributed by atoms with Gasteiger partial charge in [-0.15, -0.1) is 0 Å². The Labute approximate surface area is 228 Å². The molecule has 3 saturated heterocycles. The third-order valence-electron chi connectivity index (χ3n) is 9.10. The van der Waals surface area contributed by atoms with Crippen LogP contribution in [0.25, 0.3) is 0 Å². The van der Waals surface area contributed by atoms with E-state index in [2.05, 4.69) is 16.8 Å². The third-order valence-corrected chi connectivity index (χ3v) is 9.10. The number of carbonyl (C=O) groups is 2. The van der Waals surface area contributed by atoms with Crippen LogP contribution in [0, 0.1) is 5.92 Å². The minimum absolute atomic E-state index is 0.319. The van der Waals surface area contributed by atoms with E-state index in [9.17, 15) is 18.4 Å². The predicted octanol–water partition coefficient (Wildman–Crippen LogP) is 6.38. The molecule has 3 aliphatic heterocycles. The van der Waals surface area contributed by atoms with Gasteiger partial charge in [0.15, 0.2) is 0 Å². The number of hydrogen-bond acceptors (Lipinski definition) is 3. The zero-order chi connectivity index (χ0) is 27.5. The first kappa shape index (κ1) is 30.5. The Bertz CT molecular complexity index is 803. The van der Waals surface area contributed by atoms with Gasteiger partial charge in [-0.25, -0.2) is 8.78 Å². The van der Waals surface area contributed by atoms with E-state index in [0.717, 1.165) is 51.6 Å². The summed E-state index contributed by atoms with van der Waals surface area (Å²) >= 11 is 0. The molecule has 1 spiro atoms. The molecule has 0 N–H and O–H groups in total. The molecule has 1 aromatic carbocycles. The van der Waals surface area contributed by atoms with Crippen molar-refractivity contribution in [3.05, 3.63) is 36.4 Å². The van der Waals surface area contributed by atoms with Gasteiger partial charge >= 0.3 is 0 Å². The average Bonchev–Trinajstić information content (AvgIpc) is 3.34. The molecule has 5 fully saturated rings. The third kappa shape index (κ3) is 8.00. The summed E-state index contributed by atoms with van der Waals surface area (Å²) < 4.78 is 25.3. The summed E-state index contributed by atoms with van der Waals surface area (Å²) in [6, 6.07) is 13.2. The molecule has 2 saturated carbocycles. The maximum Gasteiger partial charge on any atom is 0.241 e. The van der Waals surface area contributed by atoms with Gasteiger partial charge in [-0.1, -0.05) is 50.2 Å². The number of alkyl halides is 2. The summed E-state index contributed by atoms with van der Waals surface area (Å²) in [5.74, 6) is -0.0735. The fourth-order valence-corrected chi connectivity index (χ4v) is 6.50. The molecule has 1 aromatic rings. The predicted molar refractivity (Wildman–Crippen MR) is 149 cm³/mol. The van der Waals surface area contributed by atoms with E-state index in [1.54, 1.807) is 0 Å². The number of amides is 2. The van der Waals surface area contributed by atoms with Gasteiger partial charge in [-0.3, -0.25) is 9.59 Å². The molecule has 0 radical (unpaired) electrons. The fourth-order valence-electron chi connectivity index (χ4n) is 6.50. The first-order chi connectivity index (χ1) is 18.4. The standard InChI is InChI=1S/C16H26F2N2O.C7H11NO.C6H6.C2H6/c1-19(14-8-11(9-14)16(17)18)12-4-2-6-15(21)20-7-3-5-13(20)10-12;9-6-8-5-1-2-7(8)3-4-7;1-2-4-6-5-3-1;1-2/h11-14,16H,2-10H2,1H3;6H,1-5H2;1-6H;1-2H3/t11?,12?,13-,14?;;;/m1.../s1. The van der Waals surface area contributed by atoms with Gasteiger partial charge < -0.3 is 14.7 Å². The summed E-state index contributed by atoms with van der Waals surface area (Å²) in [6.07, 6.45) is 11.0. The van der Waals surface area contributed by atoms with Crippen LogP contribution in [0.5, 0.6) is 0 Å². The monoisotopic (exact) mass is 533 g/mol. The number of fused-ring (bicyclic) bond motifs is 1. The molecule has 3 heterocycles. The quantitative estimate of drug-likeness (QED) is 0.422. The van der Waals surface area contributed by atoms with Gasteiger partial charge in [0.05, 0.1) is 0 Å².